The number of aromatic nitrogens is 1. The van der Waals surface area contributed by atoms with Crippen molar-refractivity contribution in [1.29, 1.82) is 0 Å². The Morgan fingerprint density at radius 2 is 1.90 bits per heavy atom. The summed E-state index contributed by atoms with van der Waals surface area (Å²) in [5.74, 6) is 0.985. The van der Waals surface area contributed by atoms with Crippen molar-refractivity contribution in [3.63, 3.8) is 0 Å². The largest absolute Gasteiger partial charge is 0.490 e. The topological polar surface area (TPSA) is 17.4 Å². The van der Waals surface area contributed by atoms with Crippen LogP contribution in [0.3, 0.4) is 0 Å². The second kappa shape index (κ2) is 6.80. The molecule has 110 valence electrons. The van der Waals surface area contributed by atoms with E-state index in [1.54, 1.807) is 0 Å². The van der Waals surface area contributed by atoms with Crippen molar-refractivity contribution in [2.75, 3.05) is 19.6 Å². The maximum Gasteiger partial charge on any atom is 0.129 e. The Labute approximate surface area is 122 Å². The van der Waals surface area contributed by atoms with Gasteiger partial charge in [-0.25, -0.2) is 0 Å². The second-order valence-corrected chi connectivity index (χ2v) is 5.39. The summed E-state index contributed by atoms with van der Waals surface area (Å²) >= 11 is 0. The van der Waals surface area contributed by atoms with Crippen LogP contribution in [0.25, 0.3) is 10.9 Å². The minimum absolute atomic E-state index is 0.208. The van der Waals surface area contributed by atoms with Crippen molar-refractivity contribution in [3.8, 4) is 5.75 Å². The fourth-order valence-corrected chi connectivity index (χ4v) is 2.54. The number of likely N-dealkylation sites (N-methyl/N-ethyl adjacent to an activating group) is 1. The van der Waals surface area contributed by atoms with Crippen LogP contribution in [0.15, 0.2) is 30.5 Å². The smallest absolute Gasteiger partial charge is 0.129 e. The Kier molecular flexibility index (Phi) is 5.07. The van der Waals surface area contributed by atoms with Crippen molar-refractivity contribution in [2.24, 2.45) is 0 Å². The highest BCUT2D eigenvalue weighted by Gasteiger charge is 2.08. The molecule has 0 saturated carbocycles. The van der Waals surface area contributed by atoms with Crippen LogP contribution < -0.4 is 4.74 Å². The van der Waals surface area contributed by atoms with E-state index in [0.29, 0.717) is 0 Å². The Balaban J connectivity index is 2.19. The van der Waals surface area contributed by atoms with Crippen LogP contribution >= 0.6 is 0 Å². The Morgan fingerprint density at radius 3 is 2.55 bits per heavy atom. The summed E-state index contributed by atoms with van der Waals surface area (Å²) in [5, 5.41) is 1.21. The summed E-state index contributed by atoms with van der Waals surface area (Å²) in [6, 6.07) is 8.46. The number of rotatable bonds is 7. The standard InChI is InChI=1S/C17H26N2O/c1-5-18(6-2)12-13-19-11-10-15-16(19)8-7-9-17(15)20-14(3)4/h7-11,14H,5-6,12-13H2,1-4H3. The molecule has 0 spiro atoms. The van der Waals surface area contributed by atoms with E-state index >= 15 is 0 Å². The molecule has 0 radical (unpaired) electrons. The average Bonchev–Trinajstić information content (AvgIpc) is 2.84. The zero-order valence-electron chi connectivity index (χ0n) is 13.1. The summed E-state index contributed by atoms with van der Waals surface area (Å²) in [4.78, 5) is 2.44. The van der Waals surface area contributed by atoms with E-state index in [0.717, 1.165) is 31.9 Å². The summed E-state index contributed by atoms with van der Waals surface area (Å²) in [7, 11) is 0. The first-order valence-electron chi connectivity index (χ1n) is 7.62. The van der Waals surface area contributed by atoms with E-state index in [9.17, 15) is 0 Å². The highest BCUT2D eigenvalue weighted by atomic mass is 16.5. The molecule has 0 aliphatic rings. The van der Waals surface area contributed by atoms with Crippen LogP contribution in [-0.4, -0.2) is 35.2 Å². The van der Waals surface area contributed by atoms with Crippen LogP contribution in [0, 0.1) is 0 Å². The summed E-state index contributed by atoms with van der Waals surface area (Å²) in [6.45, 7) is 12.9. The number of ether oxygens (including phenoxy) is 1. The van der Waals surface area contributed by atoms with Gasteiger partial charge >= 0.3 is 0 Å². The molecular weight excluding hydrogens is 248 g/mol. The third kappa shape index (κ3) is 3.34. The molecular formula is C17H26N2O. The van der Waals surface area contributed by atoms with E-state index in [-0.39, 0.29) is 6.10 Å². The molecule has 2 rings (SSSR count). The lowest BCUT2D eigenvalue weighted by Crippen LogP contribution is -2.26. The van der Waals surface area contributed by atoms with Gasteiger partial charge in [0.25, 0.3) is 0 Å². The Hall–Kier alpha value is -1.48. The van der Waals surface area contributed by atoms with E-state index in [1.165, 1.54) is 10.9 Å². The zero-order chi connectivity index (χ0) is 14.5. The van der Waals surface area contributed by atoms with Crippen LogP contribution in [-0.2, 0) is 6.54 Å². The maximum absolute atomic E-state index is 5.88. The maximum atomic E-state index is 5.88. The van der Waals surface area contributed by atoms with Gasteiger partial charge in [0.05, 0.1) is 11.6 Å². The molecule has 1 aromatic carbocycles. The first-order valence-corrected chi connectivity index (χ1v) is 7.62. The molecule has 0 aliphatic heterocycles. The lowest BCUT2D eigenvalue weighted by molar-refractivity contribution is 0.245. The molecule has 20 heavy (non-hydrogen) atoms. The van der Waals surface area contributed by atoms with Gasteiger partial charge < -0.3 is 14.2 Å². The van der Waals surface area contributed by atoms with Gasteiger partial charge in [-0.2, -0.15) is 0 Å². The van der Waals surface area contributed by atoms with E-state index in [1.807, 2.05) is 0 Å². The van der Waals surface area contributed by atoms with Gasteiger partial charge in [0.1, 0.15) is 5.75 Å². The van der Waals surface area contributed by atoms with Gasteiger partial charge in [0.2, 0.25) is 0 Å². The third-order valence-electron chi connectivity index (χ3n) is 3.69. The lowest BCUT2D eigenvalue weighted by Gasteiger charge is -2.18. The molecule has 2 aromatic rings. The fraction of sp³-hybridized carbons (Fsp3) is 0.529. The number of hydrogen-bond donors (Lipinski definition) is 0. The van der Waals surface area contributed by atoms with E-state index < -0.39 is 0 Å². The molecule has 0 fully saturated rings. The quantitative estimate of drug-likeness (QED) is 0.764. The number of hydrogen-bond acceptors (Lipinski definition) is 2. The first-order chi connectivity index (χ1) is 9.65. The molecule has 0 N–H and O–H groups in total. The summed E-state index contributed by atoms with van der Waals surface area (Å²) in [5.41, 5.74) is 1.26. The molecule has 0 bridgehead atoms. The molecule has 0 unspecified atom stereocenters. The predicted octanol–water partition coefficient (Wildman–Crippen LogP) is 3.77. The molecule has 1 aromatic heterocycles. The predicted molar refractivity (Wildman–Crippen MR) is 85.5 cm³/mol. The molecule has 3 heteroatoms. The Morgan fingerprint density at radius 1 is 1.15 bits per heavy atom. The zero-order valence-corrected chi connectivity index (χ0v) is 13.1. The molecule has 0 aliphatic carbocycles. The van der Waals surface area contributed by atoms with Crippen molar-refractivity contribution in [1.82, 2.24) is 9.47 Å². The van der Waals surface area contributed by atoms with E-state index in [2.05, 4.69) is 67.6 Å². The number of fused-ring (bicyclic) bond motifs is 1. The van der Waals surface area contributed by atoms with Gasteiger partial charge in [-0.05, 0) is 45.1 Å². The van der Waals surface area contributed by atoms with Crippen molar-refractivity contribution in [2.45, 2.75) is 40.3 Å². The van der Waals surface area contributed by atoms with Crippen LogP contribution in [0.1, 0.15) is 27.7 Å². The number of nitrogens with zero attached hydrogens (tertiary/aromatic N) is 2. The first kappa shape index (κ1) is 14.9. The van der Waals surface area contributed by atoms with Crippen LogP contribution in [0.5, 0.6) is 5.75 Å². The SMILES string of the molecule is CCN(CC)CCn1ccc2c(OC(C)C)cccc21. The molecule has 3 nitrogen and oxygen atoms in total. The fourth-order valence-electron chi connectivity index (χ4n) is 2.54. The molecule has 0 atom stereocenters. The van der Waals surface area contributed by atoms with Crippen LogP contribution in [0.2, 0.25) is 0 Å². The van der Waals surface area contributed by atoms with Crippen molar-refractivity contribution >= 4 is 10.9 Å². The van der Waals surface area contributed by atoms with Gasteiger partial charge in [0, 0.05) is 24.7 Å². The van der Waals surface area contributed by atoms with Crippen LogP contribution in [0.4, 0.5) is 0 Å². The minimum atomic E-state index is 0.208. The second-order valence-electron chi connectivity index (χ2n) is 5.39. The summed E-state index contributed by atoms with van der Waals surface area (Å²) in [6.07, 6.45) is 2.38. The van der Waals surface area contributed by atoms with Gasteiger partial charge in [-0.3, -0.25) is 0 Å². The lowest BCUT2D eigenvalue weighted by atomic mass is 10.2. The molecule has 0 saturated heterocycles. The van der Waals surface area contributed by atoms with Crippen molar-refractivity contribution in [3.05, 3.63) is 30.5 Å². The van der Waals surface area contributed by atoms with Gasteiger partial charge in [-0.15, -0.1) is 0 Å². The van der Waals surface area contributed by atoms with Crippen molar-refractivity contribution < 1.29 is 4.74 Å². The third-order valence-corrected chi connectivity index (χ3v) is 3.69. The highest BCUT2D eigenvalue weighted by Crippen LogP contribution is 2.27. The minimum Gasteiger partial charge on any atom is -0.490 e. The number of benzene rings is 1. The summed E-state index contributed by atoms with van der Waals surface area (Å²) < 4.78 is 8.21. The molecule has 0 amide bonds. The monoisotopic (exact) mass is 274 g/mol. The van der Waals surface area contributed by atoms with Gasteiger partial charge in [0.15, 0.2) is 0 Å². The normalized spacial score (nSPS) is 11.7. The van der Waals surface area contributed by atoms with Gasteiger partial charge in [-0.1, -0.05) is 19.9 Å². The highest BCUT2D eigenvalue weighted by molar-refractivity contribution is 5.86. The van der Waals surface area contributed by atoms with E-state index in [4.69, 9.17) is 4.74 Å². The molecule has 1 heterocycles. The Bertz CT molecular complexity index is 541. The average molecular weight is 274 g/mol.